The summed E-state index contributed by atoms with van der Waals surface area (Å²) in [5.74, 6) is -1.40. The Morgan fingerprint density at radius 3 is 2.39 bits per heavy atom. The average molecular weight is 428 g/mol. The highest BCUT2D eigenvalue weighted by molar-refractivity contribution is 5.98. The van der Waals surface area contributed by atoms with Crippen LogP contribution in [0.1, 0.15) is 22.3 Å². The predicted octanol–water partition coefficient (Wildman–Crippen LogP) is 2.09. The SMILES string of the molecule is O=C(COC(=O)[C@@H]1C[C@@H](O)CN1C(=O)OCc1ccccc1)c1ccc([N+](=O)[O-])cc1. The summed E-state index contributed by atoms with van der Waals surface area (Å²) in [7, 11) is 0. The molecule has 0 aromatic heterocycles. The van der Waals surface area contributed by atoms with Gasteiger partial charge in [0.25, 0.3) is 5.69 Å². The van der Waals surface area contributed by atoms with Crippen LogP contribution in [0.3, 0.4) is 0 Å². The summed E-state index contributed by atoms with van der Waals surface area (Å²) in [6.45, 7) is -0.688. The number of nitro benzene ring substituents is 1. The number of carbonyl (C=O) groups excluding carboxylic acids is 3. The van der Waals surface area contributed by atoms with Gasteiger partial charge in [0.05, 0.1) is 17.6 Å². The van der Waals surface area contributed by atoms with E-state index in [4.69, 9.17) is 9.47 Å². The number of β-amino-alcohol motifs (C(OH)–C–C–N with tert-alkyl or cyclic N) is 1. The van der Waals surface area contributed by atoms with Crippen molar-refractivity contribution in [3.05, 3.63) is 75.8 Å². The standard InChI is InChI=1S/C21H20N2O8/c24-17-10-18(22(11-17)21(27)31-12-14-4-2-1-3-5-14)20(26)30-13-19(25)15-6-8-16(9-7-15)23(28)29/h1-9,17-18,24H,10-13H2/t17-,18+/m1/s1. The molecule has 1 heterocycles. The zero-order valence-electron chi connectivity index (χ0n) is 16.4. The number of Topliss-reactive ketones (excluding diaryl/α,β-unsaturated/α-hetero) is 1. The Kier molecular flexibility index (Phi) is 6.93. The number of amides is 1. The first kappa shape index (κ1) is 21.9. The smallest absolute Gasteiger partial charge is 0.410 e. The number of nitro groups is 1. The number of ketones is 1. The summed E-state index contributed by atoms with van der Waals surface area (Å²) in [4.78, 5) is 48.2. The van der Waals surface area contributed by atoms with E-state index in [1.54, 1.807) is 24.3 Å². The fourth-order valence-electron chi connectivity index (χ4n) is 3.13. The lowest BCUT2D eigenvalue weighted by Gasteiger charge is -2.22. The molecule has 10 heteroatoms. The first-order valence-electron chi connectivity index (χ1n) is 9.45. The van der Waals surface area contributed by atoms with E-state index in [9.17, 15) is 29.6 Å². The van der Waals surface area contributed by atoms with Gasteiger partial charge in [0.2, 0.25) is 0 Å². The molecular formula is C21H20N2O8. The van der Waals surface area contributed by atoms with E-state index in [0.29, 0.717) is 0 Å². The number of hydrogen-bond acceptors (Lipinski definition) is 8. The number of non-ortho nitro benzene ring substituents is 1. The van der Waals surface area contributed by atoms with Crippen LogP contribution in [-0.4, -0.2) is 58.1 Å². The topological polar surface area (TPSA) is 136 Å². The highest BCUT2D eigenvalue weighted by atomic mass is 16.6. The maximum Gasteiger partial charge on any atom is 0.410 e. The van der Waals surface area contributed by atoms with Gasteiger partial charge in [0.15, 0.2) is 12.4 Å². The van der Waals surface area contributed by atoms with Gasteiger partial charge in [-0.05, 0) is 17.7 Å². The second-order valence-corrected chi connectivity index (χ2v) is 6.93. The number of hydrogen-bond donors (Lipinski definition) is 1. The number of likely N-dealkylation sites (tertiary alicyclic amines) is 1. The van der Waals surface area contributed by atoms with E-state index in [1.165, 1.54) is 24.3 Å². The Morgan fingerprint density at radius 2 is 1.74 bits per heavy atom. The van der Waals surface area contributed by atoms with Crippen molar-refractivity contribution in [3.8, 4) is 0 Å². The third-order valence-corrected chi connectivity index (χ3v) is 4.74. The van der Waals surface area contributed by atoms with E-state index < -0.39 is 41.5 Å². The summed E-state index contributed by atoms with van der Waals surface area (Å²) in [5, 5.41) is 20.6. The van der Waals surface area contributed by atoms with Crippen molar-refractivity contribution in [1.29, 1.82) is 0 Å². The van der Waals surface area contributed by atoms with Crippen LogP contribution < -0.4 is 0 Å². The molecule has 1 fully saturated rings. The van der Waals surface area contributed by atoms with Crippen molar-refractivity contribution in [2.45, 2.75) is 25.2 Å². The summed E-state index contributed by atoms with van der Waals surface area (Å²) < 4.78 is 10.2. The lowest BCUT2D eigenvalue weighted by atomic mass is 10.1. The third kappa shape index (κ3) is 5.64. The number of carbonyl (C=O) groups is 3. The monoisotopic (exact) mass is 428 g/mol. The molecule has 0 bridgehead atoms. The molecule has 2 aromatic rings. The molecule has 10 nitrogen and oxygen atoms in total. The Hall–Kier alpha value is -3.79. The van der Waals surface area contributed by atoms with E-state index in [0.717, 1.165) is 10.5 Å². The second-order valence-electron chi connectivity index (χ2n) is 6.93. The van der Waals surface area contributed by atoms with Crippen LogP contribution in [0.4, 0.5) is 10.5 Å². The van der Waals surface area contributed by atoms with Gasteiger partial charge < -0.3 is 14.6 Å². The van der Waals surface area contributed by atoms with Crippen LogP contribution in [0.15, 0.2) is 54.6 Å². The zero-order valence-corrected chi connectivity index (χ0v) is 16.4. The predicted molar refractivity (Wildman–Crippen MR) is 106 cm³/mol. The van der Waals surface area contributed by atoms with Crippen LogP contribution in [0, 0.1) is 10.1 Å². The van der Waals surface area contributed by atoms with Crippen molar-refractivity contribution >= 4 is 23.5 Å². The molecule has 0 unspecified atom stereocenters. The molecule has 1 saturated heterocycles. The Morgan fingerprint density at radius 1 is 1.06 bits per heavy atom. The summed E-state index contributed by atoms with van der Waals surface area (Å²) in [5.41, 5.74) is 0.741. The molecule has 0 aliphatic carbocycles. The molecule has 2 atom stereocenters. The van der Waals surface area contributed by atoms with Gasteiger partial charge in [0, 0.05) is 24.1 Å². The van der Waals surface area contributed by atoms with Crippen LogP contribution in [0.2, 0.25) is 0 Å². The lowest BCUT2D eigenvalue weighted by molar-refractivity contribution is -0.384. The normalized spacial score (nSPS) is 17.8. The maximum absolute atomic E-state index is 12.4. The Bertz CT molecular complexity index is 961. The minimum Gasteiger partial charge on any atom is -0.456 e. The van der Waals surface area contributed by atoms with Gasteiger partial charge in [-0.2, -0.15) is 0 Å². The van der Waals surface area contributed by atoms with Gasteiger partial charge in [-0.3, -0.25) is 19.8 Å². The average Bonchev–Trinajstić information content (AvgIpc) is 3.18. The number of ether oxygens (including phenoxy) is 2. The largest absolute Gasteiger partial charge is 0.456 e. The van der Waals surface area contributed by atoms with Crippen molar-refractivity contribution in [3.63, 3.8) is 0 Å². The van der Waals surface area contributed by atoms with Crippen LogP contribution >= 0.6 is 0 Å². The summed E-state index contributed by atoms with van der Waals surface area (Å²) in [6.07, 6.45) is -1.73. The molecule has 3 rings (SSSR count). The molecule has 0 radical (unpaired) electrons. The van der Waals surface area contributed by atoms with Crippen LogP contribution in [0.5, 0.6) is 0 Å². The molecule has 1 N–H and O–H groups in total. The van der Waals surface area contributed by atoms with Crippen molar-refractivity contribution in [1.82, 2.24) is 4.90 Å². The number of rotatable bonds is 7. The number of aliphatic hydroxyl groups excluding tert-OH is 1. The number of aliphatic hydroxyl groups is 1. The van der Waals surface area contributed by atoms with Crippen molar-refractivity contribution in [2.24, 2.45) is 0 Å². The molecule has 162 valence electrons. The minimum atomic E-state index is -1.08. The van der Waals surface area contributed by atoms with Gasteiger partial charge in [0.1, 0.15) is 12.6 Å². The van der Waals surface area contributed by atoms with Gasteiger partial charge in [-0.15, -0.1) is 0 Å². The molecule has 0 saturated carbocycles. The number of benzene rings is 2. The zero-order chi connectivity index (χ0) is 22.4. The van der Waals surface area contributed by atoms with Gasteiger partial charge in [-0.25, -0.2) is 9.59 Å². The fourth-order valence-corrected chi connectivity index (χ4v) is 3.13. The molecule has 1 amide bonds. The van der Waals surface area contributed by atoms with Gasteiger partial charge >= 0.3 is 12.1 Å². The molecule has 1 aliphatic heterocycles. The van der Waals surface area contributed by atoms with E-state index in [1.807, 2.05) is 6.07 Å². The Labute approximate surface area is 177 Å². The van der Waals surface area contributed by atoms with Crippen molar-refractivity contribution in [2.75, 3.05) is 13.2 Å². The lowest BCUT2D eigenvalue weighted by Crippen LogP contribution is -2.42. The summed E-state index contributed by atoms with van der Waals surface area (Å²) >= 11 is 0. The van der Waals surface area contributed by atoms with Gasteiger partial charge in [-0.1, -0.05) is 30.3 Å². The molecule has 2 aromatic carbocycles. The van der Waals surface area contributed by atoms with E-state index >= 15 is 0 Å². The highest BCUT2D eigenvalue weighted by Crippen LogP contribution is 2.21. The number of nitrogens with zero attached hydrogens (tertiary/aromatic N) is 2. The first-order chi connectivity index (χ1) is 14.8. The third-order valence-electron chi connectivity index (χ3n) is 4.74. The molecule has 0 spiro atoms. The minimum absolute atomic E-state index is 0.00661. The van der Waals surface area contributed by atoms with Crippen LogP contribution in [-0.2, 0) is 20.9 Å². The quantitative estimate of drug-likeness (QED) is 0.306. The van der Waals surface area contributed by atoms with E-state index in [2.05, 4.69) is 0 Å². The number of esters is 1. The Balaban J connectivity index is 1.55. The molecule has 1 aliphatic rings. The fraction of sp³-hybridized carbons (Fsp3) is 0.286. The highest BCUT2D eigenvalue weighted by Gasteiger charge is 2.41. The molecular weight excluding hydrogens is 408 g/mol. The van der Waals surface area contributed by atoms with Crippen LogP contribution in [0.25, 0.3) is 0 Å². The first-order valence-corrected chi connectivity index (χ1v) is 9.45. The van der Waals surface area contributed by atoms with E-state index in [-0.39, 0.29) is 30.8 Å². The van der Waals surface area contributed by atoms with Crippen molar-refractivity contribution < 1.29 is 33.9 Å². The maximum atomic E-state index is 12.4. The summed E-state index contributed by atoms with van der Waals surface area (Å²) in [6, 6.07) is 12.8. The molecule has 31 heavy (non-hydrogen) atoms. The second kappa shape index (κ2) is 9.81.